The zero-order valence-electron chi connectivity index (χ0n) is 14.4. The molecule has 5 rings (SSSR count). The molecule has 0 unspecified atom stereocenters. The third-order valence-corrected chi connectivity index (χ3v) is 4.77. The van der Waals surface area contributed by atoms with Gasteiger partial charge in [0.15, 0.2) is 11.5 Å². The molecule has 0 bridgehead atoms. The largest absolute Gasteiger partial charge is 0.418 e. The lowest BCUT2D eigenvalue weighted by Crippen LogP contribution is -2.19. The fraction of sp³-hybridized carbons (Fsp3) is 0.294. The highest BCUT2D eigenvalue weighted by atomic mass is 19.4. The highest BCUT2D eigenvalue weighted by Gasteiger charge is 2.34. The number of rotatable bonds is 3. The molecule has 150 valence electrons. The number of aromatic amines is 1. The van der Waals surface area contributed by atoms with Crippen molar-refractivity contribution in [3.8, 4) is 11.4 Å². The van der Waals surface area contributed by atoms with Crippen LogP contribution in [-0.2, 0) is 6.18 Å². The molecule has 0 amide bonds. The summed E-state index contributed by atoms with van der Waals surface area (Å²) in [5.41, 5.74) is -3.20. The Hall–Kier alpha value is -3.31. The maximum atomic E-state index is 13.5. The van der Waals surface area contributed by atoms with Crippen molar-refractivity contribution in [2.75, 3.05) is 0 Å². The molecule has 0 aliphatic heterocycles. The molecule has 1 N–H and O–H groups in total. The van der Waals surface area contributed by atoms with Gasteiger partial charge in [0.1, 0.15) is 5.69 Å². The van der Waals surface area contributed by atoms with Crippen molar-refractivity contribution in [1.82, 2.24) is 29.4 Å². The third kappa shape index (κ3) is 2.77. The van der Waals surface area contributed by atoms with Crippen LogP contribution < -0.4 is 5.69 Å². The van der Waals surface area contributed by atoms with Crippen LogP contribution >= 0.6 is 0 Å². The van der Waals surface area contributed by atoms with Gasteiger partial charge in [0.25, 0.3) is 6.43 Å². The van der Waals surface area contributed by atoms with Crippen LogP contribution in [0, 0.1) is 0 Å². The second-order valence-electron chi connectivity index (χ2n) is 6.77. The zero-order chi connectivity index (χ0) is 20.5. The number of H-pyrrole nitrogens is 1. The van der Waals surface area contributed by atoms with E-state index in [1.54, 1.807) is 0 Å². The second-order valence-corrected chi connectivity index (χ2v) is 6.77. The number of alkyl halides is 5. The normalized spacial score (nSPS) is 15.1. The van der Waals surface area contributed by atoms with E-state index in [1.165, 1.54) is 23.0 Å². The van der Waals surface area contributed by atoms with Gasteiger partial charge in [-0.2, -0.15) is 22.8 Å². The van der Waals surface area contributed by atoms with Gasteiger partial charge in [0, 0.05) is 11.6 Å². The van der Waals surface area contributed by atoms with E-state index in [0.29, 0.717) is 0 Å². The van der Waals surface area contributed by atoms with Gasteiger partial charge >= 0.3 is 11.9 Å². The average molecular weight is 410 g/mol. The second kappa shape index (κ2) is 5.84. The maximum absolute atomic E-state index is 13.5. The number of hydrogen-bond donors (Lipinski definition) is 1. The van der Waals surface area contributed by atoms with Gasteiger partial charge in [-0.25, -0.2) is 18.6 Å². The standard InChI is InChI=1S/C17H11F5N6O/c18-13(19)12-9(6-27(25-12)7-4-5-7)14-24-15-8-2-1-3-10(17(20,21)22)11(8)23-16(29)28(15)26-14/h1-3,6-7,13H,4-5H2,(H,23,29). The Morgan fingerprint density at radius 2 is 1.93 bits per heavy atom. The minimum Gasteiger partial charge on any atom is -0.305 e. The molecule has 1 fully saturated rings. The van der Waals surface area contributed by atoms with Crippen molar-refractivity contribution in [1.29, 1.82) is 0 Å². The number of benzene rings is 1. The SMILES string of the molecule is O=c1[nH]c2c(C(F)(F)F)cccc2c2nc(-c3cn(C4CC4)nc3C(F)F)nn12. The number of fused-ring (bicyclic) bond motifs is 3. The Balaban J connectivity index is 1.77. The zero-order valence-corrected chi connectivity index (χ0v) is 14.4. The molecular weight excluding hydrogens is 399 g/mol. The molecule has 7 nitrogen and oxygen atoms in total. The van der Waals surface area contributed by atoms with E-state index in [1.807, 2.05) is 0 Å². The summed E-state index contributed by atoms with van der Waals surface area (Å²) in [6.45, 7) is 0. The molecule has 12 heteroatoms. The van der Waals surface area contributed by atoms with Crippen molar-refractivity contribution in [2.45, 2.75) is 31.5 Å². The summed E-state index contributed by atoms with van der Waals surface area (Å²) in [5.74, 6) is -0.206. The monoisotopic (exact) mass is 410 g/mol. The van der Waals surface area contributed by atoms with Crippen LogP contribution in [0.25, 0.3) is 27.9 Å². The minimum atomic E-state index is -4.70. The molecule has 3 aromatic heterocycles. The molecule has 1 aliphatic carbocycles. The molecular formula is C17H11F5N6O. The third-order valence-electron chi connectivity index (χ3n) is 4.77. The van der Waals surface area contributed by atoms with Gasteiger partial charge in [-0.1, -0.05) is 6.07 Å². The first-order chi connectivity index (χ1) is 13.7. The molecule has 1 saturated carbocycles. The van der Waals surface area contributed by atoms with Crippen molar-refractivity contribution in [3.63, 3.8) is 0 Å². The fourth-order valence-electron chi connectivity index (χ4n) is 3.28. The number of aromatic nitrogens is 6. The highest BCUT2D eigenvalue weighted by molar-refractivity contribution is 5.93. The first-order valence-corrected chi connectivity index (χ1v) is 8.60. The molecule has 0 atom stereocenters. The predicted octanol–water partition coefficient (Wildman–Crippen LogP) is 3.73. The van der Waals surface area contributed by atoms with E-state index < -0.39 is 35.1 Å². The summed E-state index contributed by atoms with van der Waals surface area (Å²) >= 11 is 0. The Bertz CT molecular complexity index is 1310. The number of hydrogen-bond acceptors (Lipinski definition) is 4. The van der Waals surface area contributed by atoms with Gasteiger partial charge in [0.05, 0.1) is 22.7 Å². The summed E-state index contributed by atoms with van der Waals surface area (Å²) in [6.07, 6.45) is -4.59. The van der Waals surface area contributed by atoms with E-state index >= 15 is 0 Å². The first-order valence-electron chi connectivity index (χ1n) is 8.60. The Kier molecular flexibility index (Phi) is 3.58. The molecule has 0 radical (unpaired) electrons. The van der Waals surface area contributed by atoms with Crippen molar-refractivity contribution in [3.05, 3.63) is 46.1 Å². The molecule has 1 aromatic carbocycles. The molecule has 1 aliphatic rings. The first kappa shape index (κ1) is 17.8. The molecule has 0 saturated heterocycles. The predicted molar refractivity (Wildman–Crippen MR) is 90.6 cm³/mol. The summed E-state index contributed by atoms with van der Waals surface area (Å²) in [7, 11) is 0. The van der Waals surface area contributed by atoms with E-state index in [-0.39, 0.29) is 28.5 Å². The van der Waals surface area contributed by atoms with Gasteiger partial charge < -0.3 is 4.98 Å². The van der Waals surface area contributed by atoms with Crippen molar-refractivity contribution in [2.24, 2.45) is 0 Å². The Morgan fingerprint density at radius 3 is 2.59 bits per heavy atom. The molecule has 4 aromatic rings. The summed E-state index contributed by atoms with van der Waals surface area (Å²) < 4.78 is 68.9. The van der Waals surface area contributed by atoms with Crippen LogP contribution in [0.1, 0.15) is 36.6 Å². The number of para-hydroxylation sites is 1. The lowest BCUT2D eigenvalue weighted by molar-refractivity contribution is -0.136. The maximum Gasteiger partial charge on any atom is 0.418 e. The highest BCUT2D eigenvalue weighted by Crippen LogP contribution is 2.38. The lowest BCUT2D eigenvalue weighted by atomic mass is 10.1. The van der Waals surface area contributed by atoms with E-state index in [0.717, 1.165) is 23.4 Å². The molecule has 3 heterocycles. The lowest BCUT2D eigenvalue weighted by Gasteiger charge is -2.09. The van der Waals surface area contributed by atoms with Gasteiger partial charge in [0.2, 0.25) is 0 Å². The average Bonchev–Trinajstić information content (AvgIpc) is 3.24. The van der Waals surface area contributed by atoms with E-state index in [2.05, 4.69) is 20.2 Å². The van der Waals surface area contributed by atoms with Crippen LogP contribution in [0.15, 0.2) is 29.2 Å². The van der Waals surface area contributed by atoms with Crippen molar-refractivity contribution >= 4 is 16.6 Å². The van der Waals surface area contributed by atoms with Crippen LogP contribution in [0.3, 0.4) is 0 Å². The number of nitrogens with zero attached hydrogens (tertiary/aromatic N) is 5. The van der Waals surface area contributed by atoms with Crippen LogP contribution in [0.4, 0.5) is 22.0 Å². The van der Waals surface area contributed by atoms with Crippen LogP contribution in [0.2, 0.25) is 0 Å². The molecule has 29 heavy (non-hydrogen) atoms. The fourth-order valence-corrected chi connectivity index (χ4v) is 3.28. The number of halogens is 5. The van der Waals surface area contributed by atoms with E-state index in [4.69, 9.17) is 0 Å². The van der Waals surface area contributed by atoms with Gasteiger partial charge in [-0.15, -0.1) is 5.10 Å². The van der Waals surface area contributed by atoms with Crippen molar-refractivity contribution < 1.29 is 22.0 Å². The smallest absolute Gasteiger partial charge is 0.305 e. The van der Waals surface area contributed by atoms with Crippen LogP contribution in [-0.4, -0.2) is 29.4 Å². The Morgan fingerprint density at radius 1 is 1.17 bits per heavy atom. The Labute approximate surface area is 157 Å². The summed E-state index contributed by atoms with van der Waals surface area (Å²) in [4.78, 5) is 18.6. The minimum absolute atomic E-state index is 0.00800. The van der Waals surface area contributed by atoms with E-state index in [9.17, 15) is 26.7 Å². The summed E-state index contributed by atoms with van der Waals surface area (Å²) in [6, 6.07) is 3.38. The van der Waals surface area contributed by atoms with Gasteiger partial charge in [-0.3, -0.25) is 4.68 Å². The number of nitrogens with one attached hydrogen (secondary N) is 1. The quantitative estimate of drug-likeness (QED) is 0.522. The summed E-state index contributed by atoms with van der Waals surface area (Å²) in [5, 5.41) is 7.84. The topological polar surface area (TPSA) is 80.9 Å². The van der Waals surface area contributed by atoms with Crippen LogP contribution in [0.5, 0.6) is 0 Å². The van der Waals surface area contributed by atoms with Gasteiger partial charge in [-0.05, 0) is 25.0 Å². The molecule has 0 spiro atoms.